The van der Waals surface area contributed by atoms with Crippen molar-refractivity contribution in [3.8, 4) is 11.1 Å². The van der Waals surface area contributed by atoms with Gasteiger partial charge < -0.3 is 24.8 Å². The number of hydrogen-bond donors (Lipinski definition) is 0. The third kappa shape index (κ3) is 3.61. The summed E-state index contributed by atoms with van der Waals surface area (Å²) < 4.78 is 0. The maximum Gasteiger partial charge on any atom is 3.00 e. The Kier molecular flexibility index (Phi) is 7.68. The summed E-state index contributed by atoms with van der Waals surface area (Å²) in [5.41, 5.74) is 5.40. The van der Waals surface area contributed by atoms with E-state index in [1.165, 1.54) is 43.8 Å². The van der Waals surface area contributed by atoms with E-state index in [2.05, 4.69) is 91.9 Å². The van der Waals surface area contributed by atoms with Gasteiger partial charge in [0.15, 0.2) is 0 Å². The first kappa shape index (κ1) is 22.9. The third-order valence-corrected chi connectivity index (χ3v) is 5.41. The van der Waals surface area contributed by atoms with Crippen LogP contribution in [0.5, 0.6) is 0 Å². The number of benzene rings is 4. The van der Waals surface area contributed by atoms with Gasteiger partial charge in [-0.05, 0) is 33.2 Å². The maximum absolute atomic E-state index is 3.54. The monoisotopic (exact) mass is 479 g/mol. The average molecular weight is 482 g/mol. The van der Waals surface area contributed by atoms with Gasteiger partial charge in [-0.25, -0.2) is 6.08 Å². The molecule has 0 nitrogen and oxygen atoms in total. The Morgan fingerprint density at radius 2 is 1.43 bits per heavy atom. The second-order valence-corrected chi connectivity index (χ2v) is 6.77. The van der Waals surface area contributed by atoms with Crippen LogP contribution in [0.15, 0.2) is 72.8 Å². The van der Waals surface area contributed by atoms with Gasteiger partial charge in [0.1, 0.15) is 0 Å². The molecule has 0 aliphatic heterocycles. The summed E-state index contributed by atoms with van der Waals surface area (Å²) in [7, 11) is 0. The van der Waals surface area contributed by atoms with E-state index >= 15 is 0 Å². The Hall–Kier alpha value is -1.40. The maximum atomic E-state index is 3.54. The topological polar surface area (TPSA) is 0 Å². The zero-order valence-corrected chi connectivity index (χ0v) is 19.5. The van der Waals surface area contributed by atoms with E-state index in [0.29, 0.717) is 5.92 Å². The predicted octanol–water partition coefficient (Wildman–Crippen LogP) is 0.989. The molecule has 1 radical (unpaired) electrons. The van der Waals surface area contributed by atoms with Crippen LogP contribution in [-0.2, 0) is 26.2 Å². The Morgan fingerprint density at radius 3 is 2.18 bits per heavy atom. The molecule has 1 aliphatic carbocycles. The van der Waals surface area contributed by atoms with Crippen molar-refractivity contribution in [3.63, 3.8) is 0 Å². The molecule has 0 fully saturated rings. The van der Waals surface area contributed by atoms with Crippen LogP contribution in [0.2, 0.25) is 0 Å². The molecule has 0 aromatic heterocycles. The summed E-state index contributed by atoms with van der Waals surface area (Å²) in [6.45, 7) is 2.23. The molecule has 5 rings (SSSR count). The van der Waals surface area contributed by atoms with Gasteiger partial charge in [0, 0.05) is 0 Å². The van der Waals surface area contributed by atoms with Crippen LogP contribution >= 0.6 is 0 Å². The van der Waals surface area contributed by atoms with Crippen LogP contribution in [0.25, 0.3) is 38.7 Å². The molecule has 1 aliphatic rings. The number of hydrogen-bond acceptors (Lipinski definition) is 0. The van der Waals surface area contributed by atoms with Crippen LogP contribution in [0.4, 0.5) is 0 Å². The first-order valence-corrected chi connectivity index (χ1v) is 9.00. The van der Waals surface area contributed by atoms with Gasteiger partial charge in [0.2, 0.25) is 0 Å². The minimum atomic E-state index is 0. The molecule has 0 bridgehead atoms. The summed E-state index contributed by atoms with van der Waals surface area (Å²) >= 11 is 0. The van der Waals surface area contributed by atoms with Crippen LogP contribution in [0.3, 0.4) is 0 Å². The van der Waals surface area contributed by atoms with Gasteiger partial charge in [0.05, 0.1) is 0 Å². The smallest absolute Gasteiger partial charge is 1.00 e. The number of fused-ring (bicyclic) bond motifs is 4. The molecule has 1 atom stereocenters. The van der Waals surface area contributed by atoms with Crippen LogP contribution in [0, 0.1) is 6.08 Å². The molecule has 3 heteroatoms. The van der Waals surface area contributed by atoms with E-state index in [-0.39, 0.29) is 51.0 Å². The number of halogens is 2. The summed E-state index contributed by atoms with van der Waals surface area (Å²) in [5, 5.41) is 5.27. The Bertz CT molecular complexity index is 1150. The predicted molar refractivity (Wildman–Crippen MR) is 108 cm³/mol. The molecule has 0 amide bonds. The van der Waals surface area contributed by atoms with Crippen molar-refractivity contribution in [3.05, 3.63) is 90.0 Å². The molecular formula is C25H19Cl2Zr. The quantitative estimate of drug-likeness (QED) is 0.296. The SMILES string of the molecule is CCC1[C-]=Cc2c(-c3cc4ccccc4c4ccccc34)cccc21.[Cl-].[Cl-].[Zr+3]. The van der Waals surface area contributed by atoms with Crippen LogP contribution in [0.1, 0.15) is 30.4 Å². The zero-order valence-electron chi connectivity index (χ0n) is 15.5. The normalized spacial score (nSPS) is 14.1. The minimum absolute atomic E-state index is 0. The Labute approximate surface area is 198 Å². The summed E-state index contributed by atoms with van der Waals surface area (Å²) in [5.74, 6) is 0.432. The van der Waals surface area contributed by atoms with Crippen molar-refractivity contribution < 1.29 is 51.0 Å². The first-order valence-electron chi connectivity index (χ1n) is 9.00. The Morgan fingerprint density at radius 1 is 0.750 bits per heavy atom. The van der Waals surface area contributed by atoms with Gasteiger partial charge in [-0.1, -0.05) is 91.6 Å². The van der Waals surface area contributed by atoms with Crippen molar-refractivity contribution in [2.45, 2.75) is 19.3 Å². The van der Waals surface area contributed by atoms with Gasteiger partial charge in [-0.3, -0.25) is 6.08 Å². The van der Waals surface area contributed by atoms with Crippen molar-refractivity contribution in [2.24, 2.45) is 0 Å². The molecular weight excluding hydrogens is 462 g/mol. The molecule has 0 spiro atoms. The number of rotatable bonds is 2. The largest absolute Gasteiger partial charge is 3.00 e. The molecule has 1 unspecified atom stereocenters. The molecule has 0 saturated heterocycles. The van der Waals surface area contributed by atoms with Crippen LogP contribution < -0.4 is 24.8 Å². The van der Waals surface area contributed by atoms with E-state index in [0.717, 1.165) is 6.42 Å². The summed E-state index contributed by atoms with van der Waals surface area (Å²) in [4.78, 5) is 0. The molecule has 4 aromatic carbocycles. The zero-order chi connectivity index (χ0) is 16.8. The van der Waals surface area contributed by atoms with E-state index in [1.807, 2.05) is 0 Å². The fourth-order valence-electron chi connectivity index (χ4n) is 4.17. The molecule has 137 valence electrons. The second kappa shape index (κ2) is 9.40. The van der Waals surface area contributed by atoms with Crippen molar-refractivity contribution in [1.82, 2.24) is 0 Å². The summed E-state index contributed by atoms with van der Waals surface area (Å²) in [6.07, 6.45) is 6.84. The standard InChI is InChI=1S/C25H19.2ClH.Zr/c1-2-17-14-15-24-19(17)12-7-13-23(24)25-16-18-8-3-4-9-20(18)21-10-5-6-11-22(21)25;;;/h3-13,15-17H,2H2,1H3;2*1H;/q-1;;;+3/p-2. The first-order chi connectivity index (χ1) is 12.4. The summed E-state index contributed by atoms with van der Waals surface area (Å²) in [6, 6.07) is 26.5. The average Bonchev–Trinajstić information content (AvgIpc) is 3.11. The minimum Gasteiger partial charge on any atom is -1.00 e. The molecule has 0 saturated carbocycles. The van der Waals surface area contributed by atoms with Gasteiger partial charge >= 0.3 is 26.2 Å². The van der Waals surface area contributed by atoms with Crippen LogP contribution in [-0.4, -0.2) is 0 Å². The van der Waals surface area contributed by atoms with Gasteiger partial charge in [0.25, 0.3) is 0 Å². The Balaban J connectivity index is 0.000000934. The fraction of sp³-hybridized carbons (Fsp3) is 0.120. The van der Waals surface area contributed by atoms with Crippen molar-refractivity contribution in [1.29, 1.82) is 0 Å². The van der Waals surface area contributed by atoms with E-state index in [4.69, 9.17) is 0 Å². The molecule has 28 heavy (non-hydrogen) atoms. The second-order valence-electron chi connectivity index (χ2n) is 6.77. The molecule has 0 heterocycles. The number of allylic oxidation sites excluding steroid dienone is 1. The fourth-order valence-corrected chi connectivity index (χ4v) is 4.17. The van der Waals surface area contributed by atoms with E-state index in [1.54, 1.807) is 0 Å². The third-order valence-electron chi connectivity index (χ3n) is 5.41. The van der Waals surface area contributed by atoms with Gasteiger partial charge in [-0.2, -0.15) is 5.56 Å². The van der Waals surface area contributed by atoms with Crippen molar-refractivity contribution in [2.75, 3.05) is 0 Å². The van der Waals surface area contributed by atoms with Gasteiger partial charge in [-0.15, -0.1) is 5.56 Å². The van der Waals surface area contributed by atoms with Crippen molar-refractivity contribution >= 4 is 27.6 Å². The molecule has 4 aromatic rings. The van der Waals surface area contributed by atoms with E-state index in [9.17, 15) is 0 Å². The molecule has 0 N–H and O–H groups in total. The van der Waals surface area contributed by atoms with E-state index < -0.39 is 0 Å².